The summed E-state index contributed by atoms with van der Waals surface area (Å²) >= 11 is 0. The molecule has 8 heteroatoms. The number of amides is 1. The monoisotopic (exact) mass is 243 g/mol. The largest absolute Gasteiger partial charge is 0.345 e. The molecule has 0 bridgehead atoms. The summed E-state index contributed by atoms with van der Waals surface area (Å²) in [5.74, 6) is 0.238. The number of hydrogen-bond acceptors (Lipinski definition) is 5. The van der Waals surface area contributed by atoms with Gasteiger partial charge in [0.2, 0.25) is 0 Å². The third kappa shape index (κ3) is 1.90. The fourth-order valence-corrected chi connectivity index (χ4v) is 1.60. The highest BCUT2D eigenvalue weighted by Gasteiger charge is 2.08. The van der Waals surface area contributed by atoms with E-state index in [4.69, 9.17) is 0 Å². The Balaban J connectivity index is 1.75. The second-order valence-corrected chi connectivity index (χ2v) is 3.68. The summed E-state index contributed by atoms with van der Waals surface area (Å²) in [6.07, 6.45) is 1.70. The van der Waals surface area contributed by atoms with E-state index >= 15 is 0 Å². The lowest BCUT2D eigenvalue weighted by molar-refractivity contribution is 0.0950. The first kappa shape index (κ1) is 10.4. The molecule has 2 heterocycles. The quantitative estimate of drug-likeness (QED) is 0.599. The van der Waals surface area contributed by atoms with Gasteiger partial charge in [0.05, 0.1) is 18.3 Å². The number of H-pyrrole nitrogens is 2. The molecule has 3 rings (SSSR count). The number of tetrazole rings is 1. The molecule has 3 aromatic rings. The van der Waals surface area contributed by atoms with E-state index in [9.17, 15) is 4.79 Å². The zero-order valence-corrected chi connectivity index (χ0v) is 9.21. The van der Waals surface area contributed by atoms with Crippen molar-refractivity contribution >= 4 is 16.8 Å². The van der Waals surface area contributed by atoms with Gasteiger partial charge in [-0.15, -0.1) is 10.2 Å². The van der Waals surface area contributed by atoms with Gasteiger partial charge in [-0.3, -0.25) is 9.89 Å². The number of rotatable bonds is 3. The van der Waals surface area contributed by atoms with E-state index < -0.39 is 0 Å². The second-order valence-electron chi connectivity index (χ2n) is 3.68. The molecule has 0 spiro atoms. The lowest BCUT2D eigenvalue weighted by Crippen LogP contribution is -2.23. The lowest BCUT2D eigenvalue weighted by atomic mass is 10.1. The Kier molecular flexibility index (Phi) is 2.45. The summed E-state index contributed by atoms with van der Waals surface area (Å²) in [5.41, 5.74) is 1.37. The highest BCUT2D eigenvalue weighted by molar-refractivity contribution is 5.97. The topological polar surface area (TPSA) is 112 Å². The first-order valence-corrected chi connectivity index (χ1v) is 5.26. The van der Waals surface area contributed by atoms with Crippen molar-refractivity contribution in [3.63, 3.8) is 0 Å². The molecule has 90 valence electrons. The fourth-order valence-electron chi connectivity index (χ4n) is 1.60. The molecule has 0 fully saturated rings. The van der Waals surface area contributed by atoms with E-state index in [-0.39, 0.29) is 12.5 Å². The second kappa shape index (κ2) is 4.24. The van der Waals surface area contributed by atoms with Crippen molar-refractivity contribution < 1.29 is 4.79 Å². The number of aromatic nitrogens is 6. The SMILES string of the molecule is O=C(NCc1nn[nH]n1)c1ccc2cn[nH]c2c1. The predicted octanol–water partition coefficient (Wildman–Crippen LogP) is 0.00600. The molecule has 1 amide bonds. The molecule has 18 heavy (non-hydrogen) atoms. The van der Waals surface area contributed by atoms with Gasteiger partial charge in [-0.05, 0) is 12.1 Å². The standard InChI is InChI=1S/C10H9N7O/c18-10(11-5-9-14-16-17-15-9)6-1-2-7-4-12-13-8(7)3-6/h1-4H,5H2,(H,11,18)(H,12,13)(H,14,15,16,17). The van der Waals surface area contributed by atoms with Crippen molar-refractivity contribution in [2.75, 3.05) is 0 Å². The lowest BCUT2D eigenvalue weighted by Gasteiger charge is -2.02. The van der Waals surface area contributed by atoms with Crippen molar-refractivity contribution in [3.8, 4) is 0 Å². The number of nitrogens with one attached hydrogen (secondary N) is 3. The Morgan fingerprint density at radius 3 is 3.17 bits per heavy atom. The maximum Gasteiger partial charge on any atom is 0.251 e. The fraction of sp³-hybridized carbons (Fsp3) is 0.100. The van der Waals surface area contributed by atoms with Crippen LogP contribution in [-0.4, -0.2) is 36.7 Å². The first-order valence-electron chi connectivity index (χ1n) is 5.26. The van der Waals surface area contributed by atoms with Gasteiger partial charge in [0, 0.05) is 10.9 Å². The maximum atomic E-state index is 11.9. The van der Waals surface area contributed by atoms with Crippen LogP contribution in [0.5, 0.6) is 0 Å². The predicted molar refractivity (Wildman–Crippen MR) is 61.4 cm³/mol. The van der Waals surface area contributed by atoms with Gasteiger partial charge >= 0.3 is 0 Å². The van der Waals surface area contributed by atoms with E-state index in [2.05, 4.69) is 36.1 Å². The summed E-state index contributed by atoms with van der Waals surface area (Å²) in [6, 6.07) is 5.32. The van der Waals surface area contributed by atoms with Gasteiger partial charge < -0.3 is 5.32 Å². The van der Waals surface area contributed by atoms with Crippen molar-refractivity contribution in [1.29, 1.82) is 0 Å². The molecule has 0 atom stereocenters. The minimum atomic E-state index is -0.198. The summed E-state index contributed by atoms with van der Waals surface area (Å²) in [6.45, 7) is 0.232. The van der Waals surface area contributed by atoms with Crippen LogP contribution in [0.15, 0.2) is 24.4 Å². The molecule has 0 radical (unpaired) electrons. The maximum absolute atomic E-state index is 11.9. The van der Waals surface area contributed by atoms with E-state index in [1.165, 1.54) is 0 Å². The van der Waals surface area contributed by atoms with Gasteiger partial charge in [-0.1, -0.05) is 11.3 Å². The van der Waals surface area contributed by atoms with E-state index in [0.29, 0.717) is 11.4 Å². The van der Waals surface area contributed by atoms with Crippen LogP contribution in [0, 0.1) is 0 Å². The van der Waals surface area contributed by atoms with Gasteiger partial charge in [0.25, 0.3) is 5.91 Å². The van der Waals surface area contributed by atoms with Gasteiger partial charge in [0.1, 0.15) is 0 Å². The summed E-state index contributed by atoms with van der Waals surface area (Å²) in [7, 11) is 0. The average Bonchev–Trinajstić information content (AvgIpc) is 3.05. The summed E-state index contributed by atoms with van der Waals surface area (Å²) in [4.78, 5) is 11.9. The van der Waals surface area contributed by atoms with Crippen LogP contribution in [0.1, 0.15) is 16.2 Å². The molecule has 0 unspecified atom stereocenters. The third-order valence-electron chi connectivity index (χ3n) is 2.50. The molecule has 0 saturated heterocycles. The minimum absolute atomic E-state index is 0.198. The molecule has 0 aliphatic heterocycles. The number of fused-ring (bicyclic) bond motifs is 1. The van der Waals surface area contributed by atoms with Crippen LogP contribution in [0.4, 0.5) is 0 Å². The Hall–Kier alpha value is -2.77. The molecule has 0 aliphatic rings. The normalized spacial score (nSPS) is 10.7. The minimum Gasteiger partial charge on any atom is -0.345 e. The number of carbonyl (C=O) groups excluding carboxylic acids is 1. The van der Waals surface area contributed by atoms with Crippen LogP contribution in [-0.2, 0) is 6.54 Å². The molecule has 8 nitrogen and oxygen atoms in total. The highest BCUT2D eigenvalue weighted by atomic mass is 16.1. The number of benzene rings is 1. The molecule has 1 aromatic carbocycles. The number of nitrogens with zero attached hydrogens (tertiary/aromatic N) is 4. The van der Waals surface area contributed by atoms with Gasteiger partial charge in [-0.25, -0.2) is 0 Å². The molecule has 2 aromatic heterocycles. The zero-order valence-electron chi connectivity index (χ0n) is 9.21. The number of carbonyl (C=O) groups is 1. The number of hydrogen-bond donors (Lipinski definition) is 3. The first-order chi connectivity index (χ1) is 8.83. The van der Waals surface area contributed by atoms with Gasteiger partial charge in [-0.2, -0.15) is 10.3 Å². The van der Waals surface area contributed by atoms with Crippen LogP contribution in [0.2, 0.25) is 0 Å². The Bertz CT molecular complexity index is 672. The third-order valence-corrected chi connectivity index (χ3v) is 2.50. The molecule has 3 N–H and O–H groups in total. The van der Waals surface area contributed by atoms with Gasteiger partial charge in [0.15, 0.2) is 5.82 Å². The van der Waals surface area contributed by atoms with Crippen molar-refractivity contribution in [3.05, 3.63) is 35.8 Å². The molecule has 0 aliphatic carbocycles. The van der Waals surface area contributed by atoms with E-state index in [1.807, 2.05) is 6.07 Å². The highest BCUT2D eigenvalue weighted by Crippen LogP contribution is 2.12. The smallest absolute Gasteiger partial charge is 0.251 e. The van der Waals surface area contributed by atoms with Crippen LogP contribution < -0.4 is 5.32 Å². The summed E-state index contributed by atoms with van der Waals surface area (Å²) in [5, 5.41) is 23.6. The van der Waals surface area contributed by atoms with Crippen molar-refractivity contribution in [2.45, 2.75) is 6.54 Å². The van der Waals surface area contributed by atoms with Crippen molar-refractivity contribution in [2.24, 2.45) is 0 Å². The summed E-state index contributed by atoms with van der Waals surface area (Å²) < 4.78 is 0. The molecular formula is C10H9N7O. The van der Waals surface area contributed by atoms with Crippen molar-refractivity contribution in [1.82, 2.24) is 36.1 Å². The Morgan fingerprint density at radius 2 is 2.33 bits per heavy atom. The van der Waals surface area contributed by atoms with Crippen LogP contribution in [0.25, 0.3) is 10.9 Å². The molecule has 0 saturated carbocycles. The average molecular weight is 243 g/mol. The van der Waals surface area contributed by atoms with E-state index in [0.717, 1.165) is 10.9 Å². The zero-order chi connectivity index (χ0) is 12.4. The van der Waals surface area contributed by atoms with Crippen LogP contribution in [0.3, 0.4) is 0 Å². The number of aromatic amines is 2. The van der Waals surface area contributed by atoms with E-state index in [1.54, 1.807) is 18.3 Å². The molecular weight excluding hydrogens is 234 g/mol. The Labute approximate surface area is 101 Å². The van der Waals surface area contributed by atoms with Crippen LogP contribution >= 0.6 is 0 Å². The Morgan fingerprint density at radius 1 is 1.39 bits per heavy atom.